The summed E-state index contributed by atoms with van der Waals surface area (Å²) in [5, 5.41) is 29.7. The van der Waals surface area contributed by atoms with Crippen LogP contribution in [0.5, 0.6) is 0 Å². The average Bonchev–Trinajstić information content (AvgIpc) is 2.84. The van der Waals surface area contributed by atoms with Crippen LogP contribution in [0.2, 0.25) is 0 Å². The average molecular weight is 492 g/mol. The van der Waals surface area contributed by atoms with E-state index in [1.807, 2.05) is 21.9 Å². The highest BCUT2D eigenvalue weighted by molar-refractivity contribution is 5.69. The molecule has 2 fully saturated rings. The minimum absolute atomic E-state index is 0.0342. The summed E-state index contributed by atoms with van der Waals surface area (Å²) < 4.78 is 0. The molecule has 35 heavy (non-hydrogen) atoms. The molecule has 2 saturated heterocycles. The van der Waals surface area contributed by atoms with Crippen LogP contribution in [0.3, 0.4) is 0 Å². The maximum absolute atomic E-state index is 11.4. The number of carboxylic acids is 2. The van der Waals surface area contributed by atoms with E-state index in [4.69, 9.17) is 0 Å². The Morgan fingerprint density at radius 1 is 0.800 bits per heavy atom. The Hall–Kier alpha value is -2.60. The number of benzene rings is 1. The van der Waals surface area contributed by atoms with Gasteiger partial charge in [0.1, 0.15) is 0 Å². The first-order chi connectivity index (χ1) is 16.8. The lowest BCUT2D eigenvalue weighted by Gasteiger charge is -2.31. The number of nitrogens with zero attached hydrogens (tertiary/aromatic N) is 5. The fourth-order valence-electron chi connectivity index (χ4n) is 5.12. The second-order valence-electron chi connectivity index (χ2n) is 9.64. The van der Waals surface area contributed by atoms with Gasteiger partial charge in [-0.25, -0.2) is 0 Å². The first-order valence-electron chi connectivity index (χ1n) is 12.3. The number of non-ortho nitro benzene ring substituents is 1. The van der Waals surface area contributed by atoms with Gasteiger partial charge in [0.15, 0.2) is 0 Å². The molecule has 2 N–H and O–H groups in total. The Morgan fingerprint density at radius 2 is 1.29 bits per heavy atom. The van der Waals surface area contributed by atoms with Crippen molar-refractivity contribution in [2.24, 2.45) is 5.92 Å². The van der Waals surface area contributed by atoms with Crippen LogP contribution in [-0.2, 0) is 16.0 Å². The number of rotatable bonds is 7. The van der Waals surface area contributed by atoms with E-state index in [1.54, 1.807) is 12.1 Å². The molecule has 2 heterocycles. The topological polar surface area (TPSA) is 131 Å². The molecule has 0 amide bonds. The van der Waals surface area contributed by atoms with Gasteiger partial charge < -0.3 is 20.0 Å². The molecular formula is C24H37N5O6. The van der Waals surface area contributed by atoms with Crippen molar-refractivity contribution in [3.8, 4) is 0 Å². The Balaban J connectivity index is 1.80. The third-order valence-corrected chi connectivity index (χ3v) is 6.78. The number of aliphatic carboxylic acids is 2. The molecule has 0 radical (unpaired) electrons. The standard InChI is InChI=1S/C24H37N5O6/c30-23(31)18-27-9-1-7-25-11-14-28(19-24(32)33)10-2-8-26(12-13-27)17-21(16-25)15-20-3-5-22(6-4-20)29(34)35/h3-6,21H,1-2,7-19H2,(H,30,31)(H,32,33). The van der Waals surface area contributed by atoms with Crippen LogP contribution in [0.1, 0.15) is 18.4 Å². The number of fused-ring (bicyclic) bond motifs is 4. The molecule has 2 aliphatic heterocycles. The van der Waals surface area contributed by atoms with Crippen LogP contribution >= 0.6 is 0 Å². The lowest BCUT2D eigenvalue weighted by molar-refractivity contribution is -0.384. The predicted octanol–water partition coefficient (Wildman–Crippen LogP) is 0.938. The van der Waals surface area contributed by atoms with Gasteiger partial charge in [0.25, 0.3) is 5.69 Å². The van der Waals surface area contributed by atoms with Crippen LogP contribution < -0.4 is 0 Å². The largest absolute Gasteiger partial charge is 0.480 e. The summed E-state index contributed by atoms with van der Waals surface area (Å²) >= 11 is 0. The predicted molar refractivity (Wildman–Crippen MR) is 131 cm³/mol. The lowest BCUT2D eigenvalue weighted by atomic mass is 9.97. The van der Waals surface area contributed by atoms with E-state index in [9.17, 15) is 29.9 Å². The van der Waals surface area contributed by atoms with Crippen molar-refractivity contribution in [3.05, 3.63) is 39.9 Å². The molecule has 0 spiro atoms. The van der Waals surface area contributed by atoms with Gasteiger partial charge in [-0.1, -0.05) is 12.1 Å². The minimum atomic E-state index is -0.815. The van der Waals surface area contributed by atoms with Crippen LogP contribution in [0.4, 0.5) is 5.69 Å². The lowest BCUT2D eigenvalue weighted by Crippen LogP contribution is -2.41. The van der Waals surface area contributed by atoms with Crippen LogP contribution in [0, 0.1) is 16.0 Å². The van der Waals surface area contributed by atoms with E-state index in [0.717, 1.165) is 64.1 Å². The van der Waals surface area contributed by atoms with Crippen molar-refractivity contribution >= 4 is 17.6 Å². The summed E-state index contributed by atoms with van der Waals surface area (Å²) in [6.07, 6.45) is 2.48. The molecule has 3 rings (SSSR count). The number of hydrogen-bond donors (Lipinski definition) is 2. The Kier molecular flexibility index (Phi) is 10.4. The minimum Gasteiger partial charge on any atom is -0.480 e. The molecule has 194 valence electrons. The SMILES string of the molecule is O=C(O)CN1CCCN2CCN(CC(=O)O)CCCN(CC1)CC(Cc1ccc([N+](=O)[O-])cc1)C2. The van der Waals surface area contributed by atoms with Gasteiger partial charge in [0, 0.05) is 64.5 Å². The quantitative estimate of drug-likeness (QED) is 0.420. The van der Waals surface area contributed by atoms with Gasteiger partial charge in [0.2, 0.25) is 0 Å². The third-order valence-electron chi connectivity index (χ3n) is 6.78. The van der Waals surface area contributed by atoms with Crippen molar-refractivity contribution in [3.63, 3.8) is 0 Å². The molecule has 2 aliphatic rings. The fraction of sp³-hybridized carbons (Fsp3) is 0.667. The highest BCUT2D eigenvalue weighted by atomic mass is 16.6. The normalized spacial score (nSPS) is 25.4. The summed E-state index contributed by atoms with van der Waals surface area (Å²) in [6, 6.07) is 6.77. The molecule has 1 aromatic carbocycles. The first kappa shape index (κ1) is 27.0. The van der Waals surface area contributed by atoms with E-state index in [-0.39, 0.29) is 23.7 Å². The smallest absolute Gasteiger partial charge is 0.317 e. The molecule has 0 aliphatic carbocycles. The van der Waals surface area contributed by atoms with Crippen molar-refractivity contribution < 1.29 is 24.7 Å². The van der Waals surface area contributed by atoms with Gasteiger partial charge in [-0.2, -0.15) is 0 Å². The number of carboxylic acid groups (broad SMARTS) is 2. The van der Waals surface area contributed by atoms with E-state index >= 15 is 0 Å². The zero-order chi connectivity index (χ0) is 25.2. The summed E-state index contributed by atoms with van der Waals surface area (Å²) in [4.78, 5) is 42.1. The summed E-state index contributed by atoms with van der Waals surface area (Å²) in [5.41, 5.74) is 1.15. The molecule has 1 aromatic rings. The monoisotopic (exact) mass is 491 g/mol. The summed E-state index contributed by atoms with van der Waals surface area (Å²) in [7, 11) is 0. The number of nitro benzene ring substituents is 1. The molecule has 2 bridgehead atoms. The molecule has 0 aromatic heterocycles. The van der Waals surface area contributed by atoms with Gasteiger partial charge in [-0.05, 0) is 43.8 Å². The molecule has 11 nitrogen and oxygen atoms in total. The van der Waals surface area contributed by atoms with Gasteiger partial charge in [-0.15, -0.1) is 0 Å². The van der Waals surface area contributed by atoms with Crippen molar-refractivity contribution in [1.29, 1.82) is 0 Å². The molecular weight excluding hydrogens is 454 g/mol. The molecule has 0 saturated carbocycles. The zero-order valence-corrected chi connectivity index (χ0v) is 20.3. The Bertz CT molecular complexity index is 811. The zero-order valence-electron chi connectivity index (χ0n) is 20.3. The molecule has 2 atom stereocenters. The number of nitro groups is 1. The van der Waals surface area contributed by atoms with Crippen LogP contribution in [0.25, 0.3) is 0 Å². The van der Waals surface area contributed by atoms with E-state index in [1.165, 1.54) is 0 Å². The van der Waals surface area contributed by atoms with E-state index in [0.29, 0.717) is 32.1 Å². The van der Waals surface area contributed by atoms with E-state index < -0.39 is 11.9 Å². The van der Waals surface area contributed by atoms with Crippen molar-refractivity contribution in [1.82, 2.24) is 19.6 Å². The van der Waals surface area contributed by atoms with Gasteiger partial charge in [-0.3, -0.25) is 29.5 Å². The van der Waals surface area contributed by atoms with Gasteiger partial charge >= 0.3 is 11.9 Å². The highest BCUT2D eigenvalue weighted by Crippen LogP contribution is 2.18. The van der Waals surface area contributed by atoms with E-state index in [2.05, 4.69) is 9.80 Å². The number of hydrogen-bond acceptors (Lipinski definition) is 8. The molecule has 2 unspecified atom stereocenters. The summed E-state index contributed by atoms with van der Waals surface area (Å²) in [6.45, 7) is 7.66. The third kappa shape index (κ3) is 9.52. The maximum Gasteiger partial charge on any atom is 0.317 e. The van der Waals surface area contributed by atoms with Crippen molar-refractivity contribution in [2.45, 2.75) is 19.3 Å². The molecule has 11 heteroatoms. The summed E-state index contributed by atoms with van der Waals surface area (Å²) in [5.74, 6) is -1.33. The van der Waals surface area contributed by atoms with Crippen LogP contribution in [0.15, 0.2) is 24.3 Å². The van der Waals surface area contributed by atoms with Crippen molar-refractivity contribution in [2.75, 3.05) is 78.5 Å². The fourth-order valence-corrected chi connectivity index (χ4v) is 5.12. The number of carbonyl (C=O) groups is 2. The van der Waals surface area contributed by atoms with Gasteiger partial charge in [0.05, 0.1) is 18.0 Å². The highest BCUT2D eigenvalue weighted by Gasteiger charge is 2.24. The van der Waals surface area contributed by atoms with Crippen LogP contribution in [-0.4, -0.2) is 125 Å². The second-order valence-corrected chi connectivity index (χ2v) is 9.64. The maximum atomic E-state index is 11.4. The Labute approximate surface area is 206 Å². The first-order valence-corrected chi connectivity index (χ1v) is 12.3. The Morgan fingerprint density at radius 3 is 1.71 bits per heavy atom. The second kappa shape index (κ2) is 13.5.